The Kier molecular flexibility index (Phi) is 19.0. The van der Waals surface area contributed by atoms with Gasteiger partial charge in [-0.3, -0.25) is 9.59 Å². The van der Waals surface area contributed by atoms with Crippen LogP contribution in [-0.2, 0) is 39.1 Å². The lowest BCUT2D eigenvalue weighted by molar-refractivity contribution is -0.156. The third-order valence-electron chi connectivity index (χ3n) is 9.80. The van der Waals surface area contributed by atoms with E-state index in [-0.39, 0.29) is 37.0 Å². The van der Waals surface area contributed by atoms with Gasteiger partial charge in [-0.15, -0.1) is 0 Å². The number of H-pyrrole nitrogens is 1. The number of ether oxygens (including phenoxy) is 2. The number of imidazole rings is 2. The molecule has 2 aromatic heterocycles. The average molecular weight is 687 g/mol. The molecule has 3 atom stereocenters. The summed E-state index contributed by atoms with van der Waals surface area (Å²) < 4.78 is 13.7. The summed E-state index contributed by atoms with van der Waals surface area (Å²) in [5, 5.41) is 0. The van der Waals surface area contributed by atoms with Crippen LogP contribution in [0.15, 0.2) is 67.6 Å². The first-order valence-electron chi connectivity index (χ1n) is 19.0. The van der Waals surface area contributed by atoms with Crippen molar-refractivity contribution in [1.29, 1.82) is 0 Å². The zero-order valence-corrected chi connectivity index (χ0v) is 31.4. The second-order valence-corrected chi connectivity index (χ2v) is 13.6. The van der Waals surface area contributed by atoms with Gasteiger partial charge in [-0.05, 0) is 75.0 Å². The number of aromatic nitrogens is 4. The van der Waals surface area contributed by atoms with Crippen LogP contribution in [0.1, 0.15) is 138 Å². The predicted molar refractivity (Wildman–Crippen MR) is 202 cm³/mol. The number of carbonyl (C=O) groups excluding carboxylic acids is 2. The minimum atomic E-state index is -0.416. The second kappa shape index (κ2) is 23.5. The van der Waals surface area contributed by atoms with Crippen molar-refractivity contribution in [2.45, 2.75) is 130 Å². The van der Waals surface area contributed by atoms with Crippen LogP contribution in [0.5, 0.6) is 0 Å². The molecule has 0 fully saturated rings. The van der Waals surface area contributed by atoms with Gasteiger partial charge >= 0.3 is 11.9 Å². The fraction of sp³-hybridized carbons (Fsp3) is 0.571. The normalized spacial score (nSPS) is 13.5. The fourth-order valence-corrected chi connectivity index (χ4v) is 6.47. The highest BCUT2D eigenvalue weighted by Crippen LogP contribution is 2.28. The van der Waals surface area contributed by atoms with E-state index < -0.39 is 5.92 Å². The summed E-state index contributed by atoms with van der Waals surface area (Å²) in [5.41, 5.74) is 5.27. The molecule has 0 bridgehead atoms. The highest BCUT2D eigenvalue weighted by atomic mass is 16.5. The molecular weight excluding hydrogens is 624 g/mol. The number of nitrogens with one attached hydrogen (secondary N) is 1. The van der Waals surface area contributed by atoms with Crippen LogP contribution in [0.3, 0.4) is 0 Å². The predicted octanol–water partition coefficient (Wildman–Crippen LogP) is 9.89. The van der Waals surface area contributed by atoms with Crippen molar-refractivity contribution in [2.24, 2.45) is 18.9 Å². The molecule has 2 heterocycles. The second-order valence-electron chi connectivity index (χ2n) is 13.6. The molecule has 1 N–H and O–H groups in total. The van der Waals surface area contributed by atoms with E-state index in [4.69, 9.17) is 9.47 Å². The van der Waals surface area contributed by atoms with Gasteiger partial charge in [0.25, 0.3) is 0 Å². The summed E-state index contributed by atoms with van der Waals surface area (Å²) in [7, 11) is 1.94. The van der Waals surface area contributed by atoms with E-state index in [0.29, 0.717) is 19.3 Å². The number of carbonyl (C=O) groups is 2. The SMILES string of the molecule is CCCCC/C=C\C/C=C\CCCCCCCC(=O)OC[C@H](Cc1cncn1C)C(CC)C(=O)OCc1cccc([C@H](C)c2cnc[nH]2)c1C. The Bertz CT molecular complexity index is 1440. The first kappa shape index (κ1) is 40.5. The van der Waals surface area contributed by atoms with Gasteiger partial charge < -0.3 is 19.0 Å². The lowest BCUT2D eigenvalue weighted by Gasteiger charge is -2.25. The van der Waals surface area contributed by atoms with Gasteiger partial charge in [0, 0.05) is 49.1 Å². The van der Waals surface area contributed by atoms with Crippen molar-refractivity contribution in [3.05, 3.63) is 95.6 Å². The molecule has 1 unspecified atom stereocenters. The number of esters is 2. The van der Waals surface area contributed by atoms with Crippen molar-refractivity contribution < 1.29 is 19.1 Å². The zero-order valence-electron chi connectivity index (χ0n) is 31.4. The Morgan fingerprint density at radius 3 is 2.34 bits per heavy atom. The highest BCUT2D eigenvalue weighted by molar-refractivity contribution is 5.73. The lowest BCUT2D eigenvalue weighted by atomic mass is 9.87. The molecule has 0 aliphatic rings. The molecule has 50 heavy (non-hydrogen) atoms. The Labute approximate surface area is 301 Å². The molecule has 0 amide bonds. The van der Waals surface area contributed by atoms with Crippen LogP contribution in [0.4, 0.5) is 0 Å². The number of benzene rings is 1. The number of allylic oxidation sites excluding steroid dienone is 4. The maximum absolute atomic E-state index is 13.6. The number of aromatic amines is 1. The topological polar surface area (TPSA) is 99.1 Å². The Morgan fingerprint density at radius 1 is 0.920 bits per heavy atom. The molecule has 8 nitrogen and oxygen atoms in total. The molecule has 0 saturated heterocycles. The van der Waals surface area contributed by atoms with E-state index in [1.807, 2.05) is 43.1 Å². The standard InChI is InChI=1S/C42H62N4O4/c1-6-8-9-10-11-12-13-14-15-16-17-18-19-20-21-25-41(47)49-30-36(26-37-27-44-32-46(37)5)38(7-2)42(48)50-29-35-23-22-24-39(33(35)3)34(4)40-28-43-31-45-40/h11-12,14-15,22-24,27-28,31-32,34,36,38H,6-10,13,16-21,25-26,29-30H2,1-5H3,(H,43,45)/b12-11-,15-14-/t34-,36-,38?/m0/s1. The number of rotatable bonds is 25. The van der Waals surface area contributed by atoms with Crippen LogP contribution in [0, 0.1) is 18.8 Å². The van der Waals surface area contributed by atoms with Crippen LogP contribution < -0.4 is 0 Å². The number of unbranched alkanes of at least 4 members (excludes halogenated alkanes) is 8. The van der Waals surface area contributed by atoms with E-state index in [2.05, 4.69) is 66.1 Å². The first-order chi connectivity index (χ1) is 24.3. The molecule has 0 spiro atoms. The molecule has 8 heteroatoms. The van der Waals surface area contributed by atoms with Crippen molar-refractivity contribution in [3.63, 3.8) is 0 Å². The third-order valence-corrected chi connectivity index (χ3v) is 9.80. The average Bonchev–Trinajstić information content (AvgIpc) is 3.80. The summed E-state index contributed by atoms with van der Waals surface area (Å²) in [5.74, 6) is -0.965. The number of nitrogens with zero attached hydrogens (tertiary/aromatic N) is 3. The van der Waals surface area contributed by atoms with E-state index in [9.17, 15) is 9.59 Å². The monoisotopic (exact) mass is 686 g/mol. The largest absolute Gasteiger partial charge is 0.465 e. The maximum Gasteiger partial charge on any atom is 0.309 e. The molecule has 1 aromatic carbocycles. The quantitative estimate of drug-likeness (QED) is 0.0541. The number of aryl methyl sites for hydroxylation is 1. The Balaban J connectivity index is 1.44. The number of hydrogen-bond acceptors (Lipinski definition) is 6. The van der Waals surface area contributed by atoms with Gasteiger partial charge in [-0.2, -0.15) is 0 Å². The molecule has 0 aliphatic carbocycles. The first-order valence-corrected chi connectivity index (χ1v) is 19.0. The summed E-state index contributed by atoms with van der Waals surface area (Å²) in [6.07, 6.45) is 30.3. The Hall–Kier alpha value is -3.94. The maximum atomic E-state index is 13.6. The van der Waals surface area contributed by atoms with Gasteiger partial charge in [-0.1, -0.05) is 95.4 Å². The minimum Gasteiger partial charge on any atom is -0.465 e. The van der Waals surface area contributed by atoms with Gasteiger partial charge in [0.1, 0.15) is 6.61 Å². The van der Waals surface area contributed by atoms with Crippen molar-refractivity contribution in [3.8, 4) is 0 Å². The fourth-order valence-electron chi connectivity index (χ4n) is 6.47. The molecule has 274 valence electrons. The summed E-state index contributed by atoms with van der Waals surface area (Å²) in [6.45, 7) is 8.80. The molecule has 3 aromatic rings. The molecule has 0 saturated carbocycles. The van der Waals surface area contributed by atoms with Crippen LogP contribution in [-0.4, -0.2) is 38.1 Å². The van der Waals surface area contributed by atoms with Crippen LogP contribution >= 0.6 is 0 Å². The van der Waals surface area contributed by atoms with Gasteiger partial charge in [0.15, 0.2) is 0 Å². The van der Waals surface area contributed by atoms with E-state index in [1.165, 1.54) is 44.1 Å². The molecular formula is C42H62N4O4. The smallest absolute Gasteiger partial charge is 0.309 e. The van der Waals surface area contributed by atoms with Crippen LogP contribution in [0.2, 0.25) is 0 Å². The minimum absolute atomic E-state index is 0.138. The summed E-state index contributed by atoms with van der Waals surface area (Å²) in [4.78, 5) is 38.0. The van der Waals surface area contributed by atoms with Crippen molar-refractivity contribution in [2.75, 3.05) is 6.61 Å². The van der Waals surface area contributed by atoms with E-state index in [1.54, 1.807) is 12.7 Å². The number of hydrogen-bond donors (Lipinski definition) is 1. The zero-order chi connectivity index (χ0) is 36.0. The van der Waals surface area contributed by atoms with Crippen molar-refractivity contribution in [1.82, 2.24) is 19.5 Å². The summed E-state index contributed by atoms with van der Waals surface area (Å²) in [6, 6.07) is 6.12. The van der Waals surface area contributed by atoms with Gasteiger partial charge in [-0.25, -0.2) is 9.97 Å². The van der Waals surface area contributed by atoms with Gasteiger partial charge in [0.2, 0.25) is 0 Å². The Morgan fingerprint density at radius 2 is 1.66 bits per heavy atom. The molecule has 3 rings (SSSR count). The lowest BCUT2D eigenvalue weighted by Crippen LogP contribution is -2.31. The highest BCUT2D eigenvalue weighted by Gasteiger charge is 2.31. The molecule has 0 aliphatic heterocycles. The van der Waals surface area contributed by atoms with Crippen LogP contribution in [0.25, 0.3) is 0 Å². The van der Waals surface area contributed by atoms with Crippen molar-refractivity contribution >= 4 is 11.9 Å². The molecule has 0 radical (unpaired) electrons. The van der Waals surface area contributed by atoms with E-state index in [0.717, 1.165) is 54.6 Å². The van der Waals surface area contributed by atoms with Gasteiger partial charge in [0.05, 0.1) is 25.2 Å². The third kappa shape index (κ3) is 14.1. The summed E-state index contributed by atoms with van der Waals surface area (Å²) >= 11 is 0. The van der Waals surface area contributed by atoms with E-state index >= 15 is 0 Å².